The number of hydrogen-bond donors (Lipinski definition) is 0. The van der Waals surface area contributed by atoms with Gasteiger partial charge in [-0.05, 0) is 18.2 Å². The van der Waals surface area contributed by atoms with E-state index in [1.807, 2.05) is 52.9 Å². The van der Waals surface area contributed by atoms with E-state index in [1.54, 1.807) is 6.07 Å². The van der Waals surface area contributed by atoms with Crippen LogP contribution in [0.1, 0.15) is 0 Å². The fraction of sp³-hybridized carbons (Fsp3) is 0. The fourth-order valence-corrected chi connectivity index (χ4v) is 2.44. The van der Waals surface area contributed by atoms with Crippen LogP contribution in [-0.4, -0.2) is 4.40 Å². The number of rotatable bonds is 0. The van der Waals surface area contributed by atoms with Gasteiger partial charge >= 0.3 is 5.63 Å². The number of hydrogen-bond acceptors (Lipinski definition) is 2. The predicted molar refractivity (Wildman–Crippen MR) is 70.9 cm³/mol. The fourth-order valence-electron chi connectivity index (χ4n) is 2.44. The van der Waals surface area contributed by atoms with Crippen LogP contribution < -0.4 is 5.63 Å². The van der Waals surface area contributed by atoms with Crippen LogP contribution in [-0.2, 0) is 0 Å². The highest BCUT2D eigenvalue weighted by Crippen LogP contribution is 2.23. The van der Waals surface area contributed by atoms with Gasteiger partial charge in [0.05, 0.1) is 16.4 Å². The van der Waals surface area contributed by atoms with Crippen molar-refractivity contribution in [2.24, 2.45) is 0 Å². The third-order valence-corrected chi connectivity index (χ3v) is 3.24. The minimum absolute atomic E-state index is 0.291. The van der Waals surface area contributed by atoms with Crippen molar-refractivity contribution in [1.82, 2.24) is 4.40 Å². The second-order valence-corrected chi connectivity index (χ2v) is 4.28. The molecule has 2 heterocycles. The molecule has 0 aliphatic rings. The Morgan fingerprint density at radius 2 is 1.61 bits per heavy atom. The molecule has 3 nitrogen and oxygen atoms in total. The van der Waals surface area contributed by atoms with Crippen LogP contribution in [0.3, 0.4) is 0 Å². The van der Waals surface area contributed by atoms with E-state index in [9.17, 15) is 4.79 Å². The number of benzene rings is 2. The van der Waals surface area contributed by atoms with Crippen LogP contribution >= 0.6 is 0 Å². The zero-order chi connectivity index (χ0) is 12.1. The summed E-state index contributed by atoms with van der Waals surface area (Å²) < 4.78 is 7.35. The summed E-state index contributed by atoms with van der Waals surface area (Å²) in [4.78, 5) is 11.9. The van der Waals surface area contributed by atoms with Crippen molar-refractivity contribution in [3.63, 3.8) is 0 Å². The molecule has 0 fully saturated rings. The Bertz CT molecular complexity index is 947. The van der Waals surface area contributed by atoms with E-state index in [0.29, 0.717) is 11.1 Å². The molecule has 0 saturated carbocycles. The third-order valence-electron chi connectivity index (χ3n) is 3.24. The van der Waals surface area contributed by atoms with E-state index in [2.05, 4.69) is 0 Å². The normalized spacial score (nSPS) is 11.6. The first kappa shape index (κ1) is 9.48. The van der Waals surface area contributed by atoms with Crippen LogP contribution in [0, 0.1) is 0 Å². The maximum atomic E-state index is 11.9. The van der Waals surface area contributed by atoms with Gasteiger partial charge in [0.25, 0.3) is 0 Å². The molecule has 2 aromatic heterocycles. The topological polar surface area (TPSA) is 34.6 Å². The van der Waals surface area contributed by atoms with Crippen molar-refractivity contribution in [2.45, 2.75) is 0 Å². The quantitative estimate of drug-likeness (QED) is 0.469. The van der Waals surface area contributed by atoms with E-state index in [-0.39, 0.29) is 5.63 Å². The van der Waals surface area contributed by atoms with Gasteiger partial charge in [0.1, 0.15) is 0 Å². The highest BCUT2D eigenvalue weighted by atomic mass is 16.4. The van der Waals surface area contributed by atoms with E-state index in [1.165, 1.54) is 0 Å². The molecule has 18 heavy (non-hydrogen) atoms. The molecule has 0 spiro atoms. The minimum atomic E-state index is -0.291. The van der Waals surface area contributed by atoms with Crippen LogP contribution in [0.15, 0.2) is 63.8 Å². The Morgan fingerprint density at radius 3 is 2.50 bits per heavy atom. The molecule has 0 N–H and O–H groups in total. The number of fused-ring (bicyclic) bond motifs is 5. The molecule has 0 bridgehead atoms. The van der Waals surface area contributed by atoms with Crippen molar-refractivity contribution in [3.8, 4) is 0 Å². The molecule has 0 aliphatic heterocycles. The van der Waals surface area contributed by atoms with E-state index >= 15 is 0 Å². The van der Waals surface area contributed by atoms with Crippen LogP contribution in [0.2, 0.25) is 0 Å². The lowest BCUT2D eigenvalue weighted by molar-refractivity contribution is 0.550. The van der Waals surface area contributed by atoms with Crippen molar-refractivity contribution in [3.05, 3.63) is 65.0 Å². The average Bonchev–Trinajstić information content (AvgIpc) is 2.77. The van der Waals surface area contributed by atoms with Crippen LogP contribution in [0.4, 0.5) is 0 Å². The summed E-state index contributed by atoms with van der Waals surface area (Å²) in [6.45, 7) is 0. The molecule has 4 rings (SSSR count). The first-order valence-corrected chi connectivity index (χ1v) is 5.77. The van der Waals surface area contributed by atoms with E-state index in [0.717, 1.165) is 16.4 Å². The number of nitrogens with zero attached hydrogens (tertiary/aromatic N) is 1. The van der Waals surface area contributed by atoms with Gasteiger partial charge in [0.2, 0.25) is 5.71 Å². The summed E-state index contributed by atoms with van der Waals surface area (Å²) in [5.74, 6) is 0. The molecule has 0 atom stereocenters. The SMILES string of the molecule is O=c1oc2cc3ccccc3n2c2ccccc12. The minimum Gasteiger partial charge on any atom is -0.405 e. The predicted octanol–water partition coefficient (Wildman–Crippen LogP) is 3.20. The average molecular weight is 235 g/mol. The smallest absolute Gasteiger partial charge is 0.346 e. The maximum Gasteiger partial charge on any atom is 0.346 e. The van der Waals surface area contributed by atoms with Gasteiger partial charge in [0.15, 0.2) is 0 Å². The highest BCUT2D eigenvalue weighted by molar-refractivity contribution is 5.91. The monoisotopic (exact) mass is 235 g/mol. The van der Waals surface area contributed by atoms with Crippen molar-refractivity contribution in [2.75, 3.05) is 0 Å². The molecule has 0 amide bonds. The molecular weight excluding hydrogens is 226 g/mol. The lowest BCUT2D eigenvalue weighted by Gasteiger charge is -2.01. The maximum absolute atomic E-state index is 11.9. The lowest BCUT2D eigenvalue weighted by atomic mass is 10.2. The van der Waals surface area contributed by atoms with Gasteiger partial charge in [0, 0.05) is 11.5 Å². The first-order chi connectivity index (χ1) is 8.84. The zero-order valence-corrected chi connectivity index (χ0v) is 9.46. The Morgan fingerprint density at radius 1 is 0.889 bits per heavy atom. The molecule has 3 heteroatoms. The van der Waals surface area contributed by atoms with Gasteiger partial charge in [-0.1, -0.05) is 30.3 Å². The molecule has 0 radical (unpaired) electrons. The lowest BCUT2D eigenvalue weighted by Crippen LogP contribution is -2.02. The molecule has 4 aromatic rings. The van der Waals surface area contributed by atoms with Gasteiger partial charge in [-0.2, -0.15) is 0 Å². The second kappa shape index (κ2) is 3.23. The van der Waals surface area contributed by atoms with Gasteiger partial charge in [-0.25, -0.2) is 4.79 Å². The summed E-state index contributed by atoms with van der Waals surface area (Å²) in [6.07, 6.45) is 0. The summed E-state index contributed by atoms with van der Waals surface area (Å²) in [5, 5.41) is 1.67. The van der Waals surface area contributed by atoms with Gasteiger partial charge in [-0.3, -0.25) is 4.40 Å². The van der Waals surface area contributed by atoms with Crippen LogP contribution in [0.5, 0.6) is 0 Å². The summed E-state index contributed by atoms with van der Waals surface area (Å²) >= 11 is 0. The summed E-state index contributed by atoms with van der Waals surface area (Å²) in [5.41, 5.74) is 2.22. The molecular formula is C15H9NO2. The van der Waals surface area contributed by atoms with E-state index < -0.39 is 0 Å². The van der Waals surface area contributed by atoms with Gasteiger partial charge in [-0.15, -0.1) is 0 Å². The Hall–Kier alpha value is -2.55. The standard InChI is InChI=1S/C15H9NO2/c17-15-11-6-2-4-8-13(11)16-12-7-3-1-5-10(12)9-14(16)18-15/h1-9H. The zero-order valence-electron chi connectivity index (χ0n) is 9.46. The Labute approximate surface area is 102 Å². The summed E-state index contributed by atoms with van der Waals surface area (Å²) in [6, 6.07) is 17.4. The number of para-hydroxylation sites is 2. The Kier molecular flexibility index (Phi) is 1.70. The highest BCUT2D eigenvalue weighted by Gasteiger charge is 2.09. The third kappa shape index (κ3) is 1.10. The number of aromatic nitrogens is 1. The van der Waals surface area contributed by atoms with Crippen molar-refractivity contribution in [1.29, 1.82) is 0 Å². The van der Waals surface area contributed by atoms with Crippen molar-refractivity contribution < 1.29 is 4.42 Å². The molecule has 0 aliphatic carbocycles. The summed E-state index contributed by atoms with van der Waals surface area (Å²) in [7, 11) is 0. The Balaban J connectivity index is 2.43. The molecule has 0 saturated heterocycles. The van der Waals surface area contributed by atoms with Crippen molar-refractivity contribution >= 4 is 27.5 Å². The van der Waals surface area contributed by atoms with Gasteiger partial charge < -0.3 is 4.42 Å². The van der Waals surface area contributed by atoms with E-state index in [4.69, 9.17) is 4.42 Å². The second-order valence-electron chi connectivity index (χ2n) is 4.28. The first-order valence-electron chi connectivity index (χ1n) is 5.77. The largest absolute Gasteiger partial charge is 0.405 e. The molecule has 2 aromatic carbocycles. The molecule has 86 valence electrons. The molecule has 0 unspecified atom stereocenters. The van der Waals surface area contributed by atoms with Crippen LogP contribution in [0.25, 0.3) is 27.5 Å².